The molecule has 0 aliphatic carbocycles. The van der Waals surface area contributed by atoms with Crippen molar-refractivity contribution in [3.05, 3.63) is 29.8 Å². The van der Waals surface area contributed by atoms with Gasteiger partial charge >= 0.3 is 0 Å². The summed E-state index contributed by atoms with van der Waals surface area (Å²) in [4.78, 5) is 1.53. The molecule has 1 aromatic carbocycles. The summed E-state index contributed by atoms with van der Waals surface area (Å²) in [6.07, 6.45) is 0.655. The van der Waals surface area contributed by atoms with Crippen molar-refractivity contribution in [1.82, 2.24) is 0 Å². The number of rotatable bonds is 4. The van der Waals surface area contributed by atoms with Gasteiger partial charge in [-0.15, -0.1) is 0 Å². The molecule has 3 atom stereocenters. The molecule has 1 unspecified atom stereocenters. The first kappa shape index (κ1) is 13.9. The van der Waals surface area contributed by atoms with Crippen molar-refractivity contribution < 1.29 is 14.4 Å². The molecule has 0 aromatic heterocycles. The fourth-order valence-corrected chi connectivity index (χ4v) is 2.53. The van der Waals surface area contributed by atoms with Crippen molar-refractivity contribution in [3.8, 4) is 11.8 Å². The molecule has 0 radical (unpaired) electrons. The zero-order valence-corrected chi connectivity index (χ0v) is 11.6. The van der Waals surface area contributed by atoms with Crippen molar-refractivity contribution >= 4 is 0 Å². The molecule has 2 rings (SSSR count). The molecule has 1 aliphatic rings. The van der Waals surface area contributed by atoms with Gasteiger partial charge in [0.25, 0.3) is 0 Å². The molecule has 19 heavy (non-hydrogen) atoms. The zero-order chi connectivity index (χ0) is 13.7. The Morgan fingerprint density at radius 3 is 2.47 bits per heavy atom. The summed E-state index contributed by atoms with van der Waals surface area (Å²) in [5, 5.41) is 8.72. The molecule has 0 spiro atoms. The van der Waals surface area contributed by atoms with Crippen LogP contribution in [0.4, 0.5) is 0 Å². The molecule has 1 aliphatic heterocycles. The molecule has 0 saturated carbocycles. The summed E-state index contributed by atoms with van der Waals surface area (Å²) >= 11 is 0. The highest BCUT2D eigenvalue weighted by atomic mass is 16.5. The zero-order valence-electron chi connectivity index (χ0n) is 11.6. The molecule has 102 valence electrons. The Morgan fingerprint density at radius 1 is 1.26 bits per heavy atom. The lowest BCUT2D eigenvalue weighted by molar-refractivity contribution is -0.915. The van der Waals surface area contributed by atoms with Gasteiger partial charge in [0.1, 0.15) is 44.2 Å². The third-order valence-corrected chi connectivity index (χ3v) is 3.32. The molecule has 1 N–H and O–H groups in total. The van der Waals surface area contributed by atoms with Crippen LogP contribution in [0.1, 0.15) is 19.4 Å². The van der Waals surface area contributed by atoms with Crippen LogP contribution >= 0.6 is 0 Å². The molecule has 4 nitrogen and oxygen atoms in total. The average molecular weight is 261 g/mol. The highest BCUT2D eigenvalue weighted by Crippen LogP contribution is 2.10. The van der Waals surface area contributed by atoms with Crippen LogP contribution in [0, 0.1) is 11.3 Å². The Morgan fingerprint density at radius 2 is 1.89 bits per heavy atom. The number of nitriles is 1. The second kappa shape index (κ2) is 6.55. The van der Waals surface area contributed by atoms with Gasteiger partial charge in [-0.05, 0) is 38.1 Å². The molecule has 0 amide bonds. The van der Waals surface area contributed by atoms with Gasteiger partial charge in [-0.3, -0.25) is 0 Å². The number of benzene rings is 1. The van der Waals surface area contributed by atoms with Crippen LogP contribution in [-0.4, -0.2) is 38.4 Å². The number of hydrogen-bond donors (Lipinski definition) is 1. The van der Waals surface area contributed by atoms with Crippen LogP contribution < -0.4 is 9.64 Å². The van der Waals surface area contributed by atoms with E-state index in [9.17, 15) is 0 Å². The van der Waals surface area contributed by atoms with Gasteiger partial charge in [-0.1, -0.05) is 0 Å². The topological polar surface area (TPSA) is 46.7 Å². The van der Waals surface area contributed by atoms with Crippen molar-refractivity contribution in [2.45, 2.75) is 26.1 Å². The molecule has 1 saturated heterocycles. The largest absolute Gasteiger partial charge is 0.488 e. The Balaban J connectivity index is 1.75. The van der Waals surface area contributed by atoms with Crippen molar-refractivity contribution in [3.63, 3.8) is 0 Å². The molecule has 0 bridgehead atoms. The SMILES string of the molecule is C[C@@H]1C[NH+](CCOc2ccc(C#N)cc2)C[C@H](C)O1. The maximum atomic E-state index is 8.72. The van der Waals surface area contributed by atoms with E-state index in [0.29, 0.717) is 24.4 Å². The van der Waals surface area contributed by atoms with Gasteiger partial charge in [-0.2, -0.15) is 5.26 Å². The van der Waals surface area contributed by atoms with Crippen LogP contribution in [0.3, 0.4) is 0 Å². The number of nitrogens with zero attached hydrogens (tertiary/aromatic N) is 1. The van der Waals surface area contributed by atoms with E-state index in [1.807, 2.05) is 12.1 Å². The normalized spacial score (nSPS) is 26.7. The molecule has 1 aromatic rings. The maximum Gasteiger partial charge on any atom is 0.137 e. The first-order chi connectivity index (χ1) is 9.17. The van der Waals surface area contributed by atoms with E-state index >= 15 is 0 Å². The minimum Gasteiger partial charge on any atom is -0.488 e. The number of ether oxygens (including phenoxy) is 2. The first-order valence-electron chi connectivity index (χ1n) is 6.79. The van der Waals surface area contributed by atoms with Gasteiger partial charge in [-0.25, -0.2) is 0 Å². The fraction of sp³-hybridized carbons (Fsp3) is 0.533. The molecule has 1 heterocycles. The molecule has 4 heteroatoms. The van der Waals surface area contributed by atoms with E-state index in [1.165, 1.54) is 4.90 Å². The summed E-state index contributed by atoms with van der Waals surface area (Å²) in [5.74, 6) is 0.827. The van der Waals surface area contributed by atoms with E-state index < -0.39 is 0 Å². The van der Waals surface area contributed by atoms with E-state index in [0.717, 1.165) is 25.4 Å². The van der Waals surface area contributed by atoms with E-state index in [4.69, 9.17) is 14.7 Å². The second-order valence-corrected chi connectivity index (χ2v) is 5.15. The van der Waals surface area contributed by atoms with Crippen LogP contribution in [0.5, 0.6) is 5.75 Å². The van der Waals surface area contributed by atoms with Crippen molar-refractivity contribution in [2.75, 3.05) is 26.2 Å². The van der Waals surface area contributed by atoms with Gasteiger partial charge in [0.05, 0.1) is 11.6 Å². The maximum absolute atomic E-state index is 8.72. The third kappa shape index (κ3) is 4.23. The quantitative estimate of drug-likeness (QED) is 0.865. The second-order valence-electron chi connectivity index (χ2n) is 5.15. The Hall–Kier alpha value is -1.57. The lowest BCUT2D eigenvalue weighted by Gasteiger charge is -2.32. The number of morpholine rings is 1. The lowest BCUT2D eigenvalue weighted by atomic mass is 10.2. The van der Waals surface area contributed by atoms with E-state index in [-0.39, 0.29) is 0 Å². The summed E-state index contributed by atoms with van der Waals surface area (Å²) < 4.78 is 11.4. The molecular formula is C15H21N2O2+. The summed E-state index contributed by atoms with van der Waals surface area (Å²) in [6, 6.07) is 9.35. The summed E-state index contributed by atoms with van der Waals surface area (Å²) in [7, 11) is 0. The Kier molecular flexibility index (Phi) is 4.78. The van der Waals surface area contributed by atoms with Crippen LogP contribution in [-0.2, 0) is 4.74 Å². The molecular weight excluding hydrogens is 240 g/mol. The summed E-state index contributed by atoms with van der Waals surface area (Å²) in [5.41, 5.74) is 0.661. The van der Waals surface area contributed by atoms with E-state index in [2.05, 4.69) is 19.9 Å². The standard InChI is InChI=1S/C15H20N2O2/c1-12-10-17(11-13(2)19-12)7-8-18-15-5-3-14(9-16)4-6-15/h3-6,12-13H,7-8,10-11H2,1-2H3/p+1/t12-,13+. The number of nitrogens with one attached hydrogen (secondary N) is 1. The predicted molar refractivity (Wildman–Crippen MR) is 72.2 cm³/mol. The Labute approximate surface area is 114 Å². The van der Waals surface area contributed by atoms with Crippen LogP contribution in [0.15, 0.2) is 24.3 Å². The van der Waals surface area contributed by atoms with Crippen LogP contribution in [0.25, 0.3) is 0 Å². The van der Waals surface area contributed by atoms with Crippen molar-refractivity contribution in [2.24, 2.45) is 0 Å². The highest BCUT2D eigenvalue weighted by Gasteiger charge is 2.25. The van der Waals surface area contributed by atoms with Gasteiger partial charge in [0.15, 0.2) is 0 Å². The highest BCUT2D eigenvalue weighted by molar-refractivity contribution is 5.34. The monoisotopic (exact) mass is 261 g/mol. The van der Waals surface area contributed by atoms with Crippen molar-refractivity contribution in [1.29, 1.82) is 5.26 Å². The van der Waals surface area contributed by atoms with Gasteiger partial charge < -0.3 is 14.4 Å². The summed E-state index contributed by atoms with van der Waals surface area (Å²) in [6.45, 7) is 8.01. The van der Waals surface area contributed by atoms with Crippen LogP contribution in [0.2, 0.25) is 0 Å². The fourth-order valence-electron chi connectivity index (χ4n) is 2.53. The minimum absolute atomic E-state index is 0.327. The Bertz CT molecular complexity index is 428. The first-order valence-corrected chi connectivity index (χ1v) is 6.79. The van der Waals surface area contributed by atoms with Gasteiger partial charge in [0, 0.05) is 0 Å². The lowest BCUT2D eigenvalue weighted by Crippen LogP contribution is -3.16. The third-order valence-electron chi connectivity index (χ3n) is 3.32. The van der Waals surface area contributed by atoms with E-state index in [1.54, 1.807) is 12.1 Å². The minimum atomic E-state index is 0.327. The predicted octanol–water partition coefficient (Wildman–Crippen LogP) is 0.629. The average Bonchev–Trinajstić information content (AvgIpc) is 2.38. The number of hydrogen-bond acceptors (Lipinski definition) is 3. The molecule has 1 fully saturated rings. The smallest absolute Gasteiger partial charge is 0.137 e. The van der Waals surface area contributed by atoms with Gasteiger partial charge in [0.2, 0.25) is 0 Å². The number of quaternary nitrogens is 1.